The maximum Gasteiger partial charge on any atom is 0.311 e. The van der Waals surface area contributed by atoms with Crippen LogP contribution >= 0.6 is 0 Å². The molecule has 1 aromatic heterocycles. The third-order valence-corrected chi connectivity index (χ3v) is 4.22. The molecule has 0 saturated carbocycles. The Labute approximate surface area is 144 Å². The maximum absolute atomic E-state index is 12.9. The van der Waals surface area contributed by atoms with Crippen LogP contribution < -0.4 is 0 Å². The second kappa shape index (κ2) is 7.46. The highest BCUT2D eigenvalue weighted by atomic mass is 19.1. The van der Waals surface area contributed by atoms with Gasteiger partial charge in [-0.05, 0) is 37.1 Å². The van der Waals surface area contributed by atoms with Gasteiger partial charge in [0.15, 0.2) is 12.4 Å². The molecule has 1 aliphatic heterocycles. The number of aromatic nitrogens is 1. The third-order valence-electron chi connectivity index (χ3n) is 4.22. The predicted molar refractivity (Wildman–Crippen MR) is 86.7 cm³/mol. The zero-order chi connectivity index (χ0) is 17.8. The second-order valence-electron chi connectivity index (χ2n) is 6.04. The molecule has 3 rings (SSSR count). The van der Waals surface area contributed by atoms with E-state index in [0.717, 1.165) is 6.42 Å². The number of hydrogen-bond acceptors (Lipinski definition) is 5. The van der Waals surface area contributed by atoms with Gasteiger partial charge in [-0.15, -0.1) is 0 Å². The van der Waals surface area contributed by atoms with Crippen molar-refractivity contribution in [2.45, 2.75) is 26.4 Å². The van der Waals surface area contributed by atoms with Crippen molar-refractivity contribution in [1.82, 2.24) is 9.88 Å². The van der Waals surface area contributed by atoms with E-state index >= 15 is 0 Å². The molecular formula is C18H19FN2O4. The first-order valence-corrected chi connectivity index (χ1v) is 8.15. The summed E-state index contributed by atoms with van der Waals surface area (Å²) in [5.74, 6) is -0.284. The number of halogens is 1. The van der Waals surface area contributed by atoms with Crippen molar-refractivity contribution in [3.8, 4) is 11.3 Å². The molecule has 2 heterocycles. The molecule has 6 nitrogen and oxygen atoms in total. The van der Waals surface area contributed by atoms with E-state index in [9.17, 15) is 14.0 Å². The highest BCUT2D eigenvalue weighted by Crippen LogP contribution is 2.22. The molecule has 132 valence electrons. The van der Waals surface area contributed by atoms with Crippen LogP contribution in [0.3, 0.4) is 0 Å². The van der Waals surface area contributed by atoms with Gasteiger partial charge in [0.05, 0.1) is 12.1 Å². The molecule has 0 spiro atoms. The molecule has 1 saturated heterocycles. The van der Waals surface area contributed by atoms with Crippen LogP contribution in [0.4, 0.5) is 4.39 Å². The summed E-state index contributed by atoms with van der Waals surface area (Å²) in [7, 11) is 0. The summed E-state index contributed by atoms with van der Waals surface area (Å²) in [5.41, 5.74) is 0.691. The van der Waals surface area contributed by atoms with Crippen molar-refractivity contribution in [3.63, 3.8) is 0 Å². The molecule has 0 bridgehead atoms. The number of benzene rings is 1. The molecule has 7 heteroatoms. The van der Waals surface area contributed by atoms with Crippen molar-refractivity contribution >= 4 is 11.9 Å². The molecule has 1 amide bonds. The predicted octanol–water partition coefficient (Wildman–Crippen LogP) is 2.78. The summed E-state index contributed by atoms with van der Waals surface area (Å²) in [5, 5.41) is 0. The van der Waals surface area contributed by atoms with Gasteiger partial charge in [0, 0.05) is 25.6 Å². The molecule has 2 aromatic rings. The number of piperidine rings is 1. The van der Waals surface area contributed by atoms with Crippen molar-refractivity contribution in [2.24, 2.45) is 5.92 Å². The molecule has 25 heavy (non-hydrogen) atoms. The lowest BCUT2D eigenvalue weighted by Crippen LogP contribution is -2.41. The van der Waals surface area contributed by atoms with Crippen LogP contribution in [0.15, 0.2) is 34.9 Å². The number of esters is 1. The van der Waals surface area contributed by atoms with E-state index in [0.29, 0.717) is 30.8 Å². The number of nitrogens with zero attached hydrogens (tertiary/aromatic N) is 2. The summed E-state index contributed by atoms with van der Waals surface area (Å²) in [6.45, 7) is 2.49. The Bertz CT molecular complexity index is 757. The first-order chi connectivity index (χ1) is 12.0. The SMILES string of the molecule is CC(=O)N1CCC[C@H](C(=O)OCc2ncc(-c3ccc(F)cc3)o2)C1. The minimum absolute atomic E-state index is 0.0332. The second-order valence-corrected chi connectivity index (χ2v) is 6.04. The number of ether oxygens (including phenoxy) is 1. The normalized spacial score (nSPS) is 17.4. The van der Waals surface area contributed by atoms with E-state index in [1.165, 1.54) is 25.3 Å². The number of likely N-dealkylation sites (tertiary alicyclic amines) is 1. The van der Waals surface area contributed by atoms with Crippen molar-refractivity contribution in [2.75, 3.05) is 13.1 Å². The highest BCUT2D eigenvalue weighted by molar-refractivity contribution is 5.76. The van der Waals surface area contributed by atoms with Crippen LogP contribution in [0.25, 0.3) is 11.3 Å². The van der Waals surface area contributed by atoms with Crippen LogP contribution in [0.5, 0.6) is 0 Å². The number of amides is 1. The average Bonchev–Trinajstić information content (AvgIpc) is 3.09. The van der Waals surface area contributed by atoms with E-state index in [1.807, 2.05) is 0 Å². The quantitative estimate of drug-likeness (QED) is 0.796. The number of carbonyl (C=O) groups is 2. The minimum atomic E-state index is -0.354. The van der Waals surface area contributed by atoms with E-state index < -0.39 is 0 Å². The van der Waals surface area contributed by atoms with Gasteiger partial charge in [0.2, 0.25) is 11.8 Å². The lowest BCUT2D eigenvalue weighted by molar-refractivity contribution is -0.153. The molecule has 1 fully saturated rings. The lowest BCUT2D eigenvalue weighted by atomic mass is 9.98. The monoisotopic (exact) mass is 346 g/mol. The minimum Gasteiger partial charge on any atom is -0.455 e. The topological polar surface area (TPSA) is 72.6 Å². The Balaban J connectivity index is 1.56. The number of hydrogen-bond donors (Lipinski definition) is 0. The van der Waals surface area contributed by atoms with Gasteiger partial charge in [-0.25, -0.2) is 9.37 Å². The zero-order valence-electron chi connectivity index (χ0n) is 13.9. The largest absolute Gasteiger partial charge is 0.455 e. The standard InChI is InChI=1S/C18H19FN2O4/c1-12(22)21-8-2-3-14(10-21)18(23)24-11-17-20-9-16(25-17)13-4-6-15(19)7-5-13/h4-7,9,14H,2-3,8,10-11H2,1H3/t14-/m0/s1. The van der Waals surface area contributed by atoms with Crippen LogP contribution in [-0.4, -0.2) is 34.8 Å². The summed E-state index contributed by atoms with van der Waals surface area (Å²) in [4.78, 5) is 29.3. The van der Waals surface area contributed by atoms with Gasteiger partial charge in [0.1, 0.15) is 5.82 Å². The summed E-state index contributed by atoms with van der Waals surface area (Å²) >= 11 is 0. The maximum atomic E-state index is 12.9. The third kappa shape index (κ3) is 4.23. The Morgan fingerprint density at radius 1 is 1.36 bits per heavy atom. The lowest BCUT2D eigenvalue weighted by Gasteiger charge is -2.30. The molecule has 0 N–H and O–H groups in total. The molecule has 0 unspecified atom stereocenters. The average molecular weight is 346 g/mol. The van der Waals surface area contributed by atoms with Crippen LogP contribution in [0.2, 0.25) is 0 Å². The molecule has 0 aliphatic carbocycles. The van der Waals surface area contributed by atoms with Gasteiger partial charge < -0.3 is 14.1 Å². The van der Waals surface area contributed by atoms with E-state index in [1.54, 1.807) is 17.0 Å². The Morgan fingerprint density at radius 3 is 2.84 bits per heavy atom. The highest BCUT2D eigenvalue weighted by Gasteiger charge is 2.28. The first kappa shape index (κ1) is 17.1. The fourth-order valence-corrected chi connectivity index (χ4v) is 2.83. The van der Waals surface area contributed by atoms with Crippen molar-refractivity contribution < 1.29 is 23.1 Å². The summed E-state index contributed by atoms with van der Waals surface area (Å²) in [6, 6.07) is 5.84. The van der Waals surface area contributed by atoms with Crippen molar-refractivity contribution in [3.05, 3.63) is 42.2 Å². The van der Waals surface area contributed by atoms with Crippen LogP contribution in [0, 0.1) is 11.7 Å². The van der Waals surface area contributed by atoms with Gasteiger partial charge in [-0.2, -0.15) is 0 Å². The van der Waals surface area contributed by atoms with Gasteiger partial charge in [-0.3, -0.25) is 9.59 Å². The van der Waals surface area contributed by atoms with E-state index in [2.05, 4.69) is 4.98 Å². The van der Waals surface area contributed by atoms with Gasteiger partial charge in [0.25, 0.3) is 0 Å². The van der Waals surface area contributed by atoms with E-state index in [4.69, 9.17) is 9.15 Å². The molecule has 1 aliphatic rings. The molecule has 0 radical (unpaired) electrons. The smallest absolute Gasteiger partial charge is 0.311 e. The Hall–Kier alpha value is -2.70. The Kier molecular flexibility index (Phi) is 5.11. The fraction of sp³-hybridized carbons (Fsp3) is 0.389. The summed E-state index contributed by atoms with van der Waals surface area (Å²) in [6.07, 6.45) is 3.00. The van der Waals surface area contributed by atoms with Gasteiger partial charge in [-0.1, -0.05) is 0 Å². The Morgan fingerprint density at radius 2 is 2.12 bits per heavy atom. The molecule has 1 aromatic carbocycles. The number of oxazole rings is 1. The fourth-order valence-electron chi connectivity index (χ4n) is 2.83. The van der Waals surface area contributed by atoms with Crippen LogP contribution in [0.1, 0.15) is 25.7 Å². The number of rotatable bonds is 4. The van der Waals surface area contributed by atoms with Crippen molar-refractivity contribution in [1.29, 1.82) is 0 Å². The summed E-state index contributed by atoms with van der Waals surface area (Å²) < 4.78 is 23.7. The molecular weight excluding hydrogens is 327 g/mol. The van der Waals surface area contributed by atoms with E-state index in [-0.39, 0.29) is 36.1 Å². The zero-order valence-corrected chi connectivity index (χ0v) is 13.9. The number of carbonyl (C=O) groups excluding carboxylic acids is 2. The van der Waals surface area contributed by atoms with Gasteiger partial charge >= 0.3 is 5.97 Å². The first-order valence-electron chi connectivity index (χ1n) is 8.15. The van der Waals surface area contributed by atoms with Crippen LogP contribution in [-0.2, 0) is 20.9 Å². The molecule has 1 atom stereocenters.